The quantitative estimate of drug-likeness (QED) is 0.836. The van der Waals surface area contributed by atoms with E-state index in [0.717, 1.165) is 16.5 Å². The maximum Gasteiger partial charge on any atom is 0.303 e. The first kappa shape index (κ1) is 9.77. The number of rotatable bonds is 3. The van der Waals surface area contributed by atoms with Crippen molar-refractivity contribution in [2.45, 2.75) is 19.3 Å². The van der Waals surface area contributed by atoms with E-state index in [-0.39, 0.29) is 12.3 Å². The van der Waals surface area contributed by atoms with Gasteiger partial charge in [0.25, 0.3) is 0 Å². The summed E-state index contributed by atoms with van der Waals surface area (Å²) in [5, 5.41) is 9.72. The van der Waals surface area contributed by atoms with Gasteiger partial charge in [-0.25, -0.2) is 0 Å². The standard InChI is InChI=1S/C12H12O3/c1-8(6-12(13)14)9-2-3-11-10(7-9)4-5-15-11/h2-5,7-8H,6H2,1H3,(H,13,14). The topological polar surface area (TPSA) is 50.4 Å². The zero-order valence-corrected chi connectivity index (χ0v) is 8.43. The molecule has 0 bridgehead atoms. The van der Waals surface area contributed by atoms with Gasteiger partial charge in [-0.3, -0.25) is 4.79 Å². The number of benzene rings is 1. The van der Waals surface area contributed by atoms with Gasteiger partial charge in [0.1, 0.15) is 5.58 Å². The van der Waals surface area contributed by atoms with Crippen molar-refractivity contribution in [3.05, 3.63) is 36.1 Å². The highest BCUT2D eigenvalue weighted by atomic mass is 16.4. The van der Waals surface area contributed by atoms with Crippen molar-refractivity contribution >= 4 is 16.9 Å². The molecule has 0 aliphatic carbocycles. The molecule has 1 aromatic carbocycles. The highest BCUT2D eigenvalue weighted by Crippen LogP contribution is 2.24. The predicted octanol–water partition coefficient (Wildman–Crippen LogP) is 3.01. The van der Waals surface area contributed by atoms with E-state index in [9.17, 15) is 4.79 Å². The highest BCUT2D eigenvalue weighted by molar-refractivity contribution is 5.78. The van der Waals surface area contributed by atoms with Crippen molar-refractivity contribution in [1.29, 1.82) is 0 Å². The molecule has 78 valence electrons. The summed E-state index contributed by atoms with van der Waals surface area (Å²) in [5.41, 5.74) is 1.87. The Bertz CT molecular complexity index is 484. The third-order valence-electron chi connectivity index (χ3n) is 2.53. The maximum absolute atomic E-state index is 10.6. The molecule has 1 heterocycles. The van der Waals surface area contributed by atoms with Gasteiger partial charge in [0.05, 0.1) is 12.7 Å². The summed E-state index contributed by atoms with van der Waals surface area (Å²) in [6, 6.07) is 7.65. The first-order chi connectivity index (χ1) is 7.16. The summed E-state index contributed by atoms with van der Waals surface area (Å²) >= 11 is 0. The molecule has 1 atom stereocenters. The molecule has 0 radical (unpaired) electrons. The van der Waals surface area contributed by atoms with E-state index in [0.29, 0.717) is 0 Å². The Labute approximate surface area is 87.3 Å². The van der Waals surface area contributed by atoms with Gasteiger partial charge in [0, 0.05) is 5.39 Å². The molecule has 1 aromatic heterocycles. The van der Waals surface area contributed by atoms with E-state index >= 15 is 0 Å². The fourth-order valence-electron chi connectivity index (χ4n) is 1.67. The van der Waals surface area contributed by atoms with Gasteiger partial charge >= 0.3 is 5.97 Å². The molecule has 0 aliphatic rings. The molecule has 15 heavy (non-hydrogen) atoms. The lowest BCUT2D eigenvalue weighted by Crippen LogP contribution is -2.02. The molecule has 0 aliphatic heterocycles. The molecule has 0 amide bonds. The number of hydrogen-bond acceptors (Lipinski definition) is 2. The summed E-state index contributed by atoms with van der Waals surface area (Å²) < 4.78 is 5.22. The van der Waals surface area contributed by atoms with Crippen molar-refractivity contribution in [1.82, 2.24) is 0 Å². The average molecular weight is 204 g/mol. The molecule has 1 N–H and O–H groups in total. The minimum absolute atomic E-state index is 0.0294. The Morgan fingerprint density at radius 3 is 3.00 bits per heavy atom. The number of furan rings is 1. The fourth-order valence-corrected chi connectivity index (χ4v) is 1.67. The molecule has 0 saturated heterocycles. The van der Waals surface area contributed by atoms with E-state index in [1.165, 1.54) is 0 Å². The maximum atomic E-state index is 10.6. The van der Waals surface area contributed by atoms with Crippen molar-refractivity contribution in [3.8, 4) is 0 Å². The minimum atomic E-state index is -0.769. The van der Waals surface area contributed by atoms with E-state index in [2.05, 4.69) is 0 Å². The van der Waals surface area contributed by atoms with Crippen LogP contribution in [-0.4, -0.2) is 11.1 Å². The number of carboxylic acid groups (broad SMARTS) is 1. The van der Waals surface area contributed by atoms with Crippen molar-refractivity contribution in [2.75, 3.05) is 0 Å². The molecule has 3 heteroatoms. The second-order valence-corrected chi connectivity index (χ2v) is 3.72. The zero-order chi connectivity index (χ0) is 10.8. The molecule has 1 unspecified atom stereocenters. The second-order valence-electron chi connectivity index (χ2n) is 3.72. The number of carbonyl (C=O) groups is 1. The average Bonchev–Trinajstić information content (AvgIpc) is 2.62. The Morgan fingerprint density at radius 1 is 1.47 bits per heavy atom. The minimum Gasteiger partial charge on any atom is -0.481 e. The fraction of sp³-hybridized carbons (Fsp3) is 0.250. The first-order valence-corrected chi connectivity index (χ1v) is 4.86. The monoisotopic (exact) mass is 204 g/mol. The van der Waals surface area contributed by atoms with E-state index in [1.807, 2.05) is 31.2 Å². The Hall–Kier alpha value is -1.77. The Kier molecular flexibility index (Phi) is 2.46. The van der Waals surface area contributed by atoms with E-state index in [4.69, 9.17) is 9.52 Å². The van der Waals surface area contributed by atoms with Crippen LogP contribution in [0, 0.1) is 0 Å². The summed E-state index contributed by atoms with van der Waals surface area (Å²) in [6.45, 7) is 1.91. The Balaban J connectivity index is 2.30. The van der Waals surface area contributed by atoms with Gasteiger partial charge < -0.3 is 9.52 Å². The van der Waals surface area contributed by atoms with Crippen LogP contribution in [-0.2, 0) is 4.79 Å². The smallest absolute Gasteiger partial charge is 0.303 e. The van der Waals surface area contributed by atoms with Crippen LogP contribution in [0.4, 0.5) is 0 Å². The zero-order valence-electron chi connectivity index (χ0n) is 8.43. The summed E-state index contributed by atoms with van der Waals surface area (Å²) in [7, 11) is 0. The molecule has 0 spiro atoms. The molecular formula is C12H12O3. The van der Waals surface area contributed by atoms with Crippen LogP contribution in [0.1, 0.15) is 24.8 Å². The normalized spacial score (nSPS) is 12.9. The van der Waals surface area contributed by atoms with E-state index in [1.54, 1.807) is 6.26 Å². The Morgan fingerprint density at radius 2 is 2.27 bits per heavy atom. The largest absolute Gasteiger partial charge is 0.481 e. The number of carboxylic acids is 1. The first-order valence-electron chi connectivity index (χ1n) is 4.86. The lowest BCUT2D eigenvalue weighted by atomic mass is 9.97. The molecule has 2 aromatic rings. The van der Waals surface area contributed by atoms with Gasteiger partial charge in [0.15, 0.2) is 0 Å². The van der Waals surface area contributed by atoms with Crippen LogP contribution in [0.15, 0.2) is 34.9 Å². The molecule has 3 nitrogen and oxygen atoms in total. The molecule has 0 saturated carbocycles. The van der Waals surface area contributed by atoms with Crippen LogP contribution in [0.3, 0.4) is 0 Å². The summed E-state index contributed by atoms with van der Waals surface area (Å²) in [6.07, 6.45) is 1.79. The van der Waals surface area contributed by atoms with Crippen LogP contribution < -0.4 is 0 Å². The van der Waals surface area contributed by atoms with Crippen LogP contribution in [0.2, 0.25) is 0 Å². The van der Waals surface area contributed by atoms with Crippen LogP contribution in [0.5, 0.6) is 0 Å². The third kappa shape index (κ3) is 2.01. The van der Waals surface area contributed by atoms with Crippen LogP contribution in [0.25, 0.3) is 11.0 Å². The summed E-state index contributed by atoms with van der Waals surface area (Å²) in [5.74, 6) is -0.739. The van der Waals surface area contributed by atoms with Crippen LogP contribution >= 0.6 is 0 Å². The summed E-state index contributed by atoms with van der Waals surface area (Å²) in [4.78, 5) is 10.6. The van der Waals surface area contributed by atoms with Gasteiger partial charge in [-0.05, 0) is 29.7 Å². The van der Waals surface area contributed by atoms with Gasteiger partial charge in [-0.15, -0.1) is 0 Å². The van der Waals surface area contributed by atoms with E-state index < -0.39 is 5.97 Å². The molecular weight excluding hydrogens is 192 g/mol. The van der Waals surface area contributed by atoms with Gasteiger partial charge in [0.2, 0.25) is 0 Å². The highest BCUT2D eigenvalue weighted by Gasteiger charge is 2.10. The van der Waals surface area contributed by atoms with Crippen molar-refractivity contribution in [3.63, 3.8) is 0 Å². The third-order valence-corrected chi connectivity index (χ3v) is 2.53. The van der Waals surface area contributed by atoms with Gasteiger partial charge in [-0.1, -0.05) is 13.0 Å². The van der Waals surface area contributed by atoms with Gasteiger partial charge in [-0.2, -0.15) is 0 Å². The second kappa shape index (κ2) is 3.77. The molecule has 2 rings (SSSR count). The number of hydrogen-bond donors (Lipinski definition) is 1. The number of aliphatic carboxylic acids is 1. The molecule has 0 fully saturated rings. The lowest BCUT2D eigenvalue weighted by Gasteiger charge is -2.08. The van der Waals surface area contributed by atoms with Crippen molar-refractivity contribution in [2.24, 2.45) is 0 Å². The predicted molar refractivity (Wildman–Crippen MR) is 56.9 cm³/mol. The number of fused-ring (bicyclic) bond motifs is 1. The SMILES string of the molecule is CC(CC(=O)O)c1ccc2occc2c1. The van der Waals surface area contributed by atoms with Crippen molar-refractivity contribution < 1.29 is 14.3 Å². The lowest BCUT2D eigenvalue weighted by molar-refractivity contribution is -0.137.